The second kappa shape index (κ2) is 13.2. The zero-order valence-corrected chi connectivity index (χ0v) is 16.3. The Morgan fingerprint density at radius 1 is 1.12 bits per heavy atom. The average molecular weight is 364 g/mol. The molecule has 0 bridgehead atoms. The van der Waals surface area contributed by atoms with E-state index >= 15 is 0 Å². The van der Waals surface area contributed by atoms with Gasteiger partial charge in [0.15, 0.2) is 0 Å². The second-order valence-corrected chi connectivity index (χ2v) is 5.96. The minimum atomic E-state index is -0.275. The lowest BCUT2D eigenvalue weighted by Gasteiger charge is -2.22. The zero-order valence-electron chi connectivity index (χ0n) is 16.3. The molecule has 0 N–H and O–H groups in total. The summed E-state index contributed by atoms with van der Waals surface area (Å²) in [5.74, 6) is 0.238. The van der Waals surface area contributed by atoms with Gasteiger partial charge in [-0.3, -0.25) is 9.59 Å². The van der Waals surface area contributed by atoms with Crippen molar-refractivity contribution in [1.82, 2.24) is 9.80 Å². The number of carbonyl (C=O) groups is 2. The van der Waals surface area contributed by atoms with Crippen molar-refractivity contribution in [2.45, 2.75) is 40.0 Å². The first-order valence-electron chi connectivity index (χ1n) is 9.49. The Morgan fingerprint density at radius 3 is 2.46 bits per heavy atom. The van der Waals surface area contributed by atoms with E-state index in [0.29, 0.717) is 25.5 Å². The van der Waals surface area contributed by atoms with Gasteiger partial charge in [0.05, 0.1) is 19.3 Å². The van der Waals surface area contributed by atoms with Crippen LogP contribution in [0.15, 0.2) is 28.9 Å². The van der Waals surface area contributed by atoms with E-state index in [1.54, 1.807) is 36.3 Å². The summed E-state index contributed by atoms with van der Waals surface area (Å²) < 4.78 is 10.2. The lowest BCUT2D eigenvalue weighted by atomic mass is 10.2. The highest BCUT2D eigenvalue weighted by Crippen LogP contribution is 2.06. The number of hydrogen-bond acceptors (Lipinski definition) is 5. The van der Waals surface area contributed by atoms with E-state index in [1.165, 1.54) is 6.08 Å². The average Bonchev–Trinajstić information content (AvgIpc) is 3.16. The molecule has 0 aliphatic carbocycles. The van der Waals surface area contributed by atoms with Gasteiger partial charge in [0.25, 0.3) is 0 Å². The fourth-order valence-corrected chi connectivity index (χ4v) is 2.61. The molecule has 1 aromatic heterocycles. The Balaban J connectivity index is 2.53. The predicted molar refractivity (Wildman–Crippen MR) is 103 cm³/mol. The number of esters is 1. The summed E-state index contributed by atoms with van der Waals surface area (Å²) in [6.07, 6.45) is 6.84. The van der Waals surface area contributed by atoms with Gasteiger partial charge in [0.1, 0.15) is 5.76 Å². The first-order valence-corrected chi connectivity index (χ1v) is 9.49. The molecule has 26 heavy (non-hydrogen) atoms. The van der Waals surface area contributed by atoms with Crippen LogP contribution in [0, 0.1) is 0 Å². The van der Waals surface area contributed by atoms with Crippen LogP contribution in [0.1, 0.15) is 45.8 Å². The van der Waals surface area contributed by atoms with Crippen molar-refractivity contribution in [2.75, 3.05) is 39.3 Å². The molecule has 1 heterocycles. The standard InChI is InChI=1S/C20H32N2O4/c1-4-21(5-2)14-7-8-15-22(16-13-20(24)25-6-3)19(23)12-11-18-10-9-17-26-18/h9-12,17H,4-8,13-16H2,1-3H3/b12-11+. The van der Waals surface area contributed by atoms with E-state index in [-0.39, 0.29) is 18.3 Å². The van der Waals surface area contributed by atoms with Crippen molar-refractivity contribution in [3.63, 3.8) is 0 Å². The molecule has 1 amide bonds. The van der Waals surface area contributed by atoms with Crippen LogP contribution in [-0.4, -0.2) is 61.0 Å². The van der Waals surface area contributed by atoms with Crippen LogP contribution in [-0.2, 0) is 14.3 Å². The Labute approximate surface area is 156 Å². The van der Waals surface area contributed by atoms with Gasteiger partial charge < -0.3 is 19.0 Å². The van der Waals surface area contributed by atoms with E-state index in [2.05, 4.69) is 18.7 Å². The number of hydrogen-bond donors (Lipinski definition) is 0. The van der Waals surface area contributed by atoms with Crippen LogP contribution in [0.5, 0.6) is 0 Å². The van der Waals surface area contributed by atoms with Crippen molar-refractivity contribution in [3.8, 4) is 0 Å². The number of carbonyl (C=O) groups excluding carboxylic acids is 2. The van der Waals surface area contributed by atoms with E-state index in [9.17, 15) is 9.59 Å². The summed E-state index contributed by atoms with van der Waals surface area (Å²) in [7, 11) is 0. The fourth-order valence-electron chi connectivity index (χ4n) is 2.61. The van der Waals surface area contributed by atoms with Crippen molar-refractivity contribution in [1.29, 1.82) is 0 Å². The van der Waals surface area contributed by atoms with Crippen LogP contribution in [0.25, 0.3) is 6.08 Å². The largest absolute Gasteiger partial charge is 0.466 e. The third kappa shape index (κ3) is 8.85. The van der Waals surface area contributed by atoms with Gasteiger partial charge in [0, 0.05) is 19.2 Å². The quantitative estimate of drug-likeness (QED) is 0.306. The maximum absolute atomic E-state index is 12.5. The topological polar surface area (TPSA) is 63.0 Å². The predicted octanol–water partition coefficient (Wildman–Crippen LogP) is 3.20. The van der Waals surface area contributed by atoms with Gasteiger partial charge in [-0.15, -0.1) is 0 Å². The number of amides is 1. The van der Waals surface area contributed by atoms with E-state index in [0.717, 1.165) is 32.5 Å². The summed E-state index contributed by atoms with van der Waals surface area (Å²) in [4.78, 5) is 28.2. The van der Waals surface area contributed by atoms with E-state index < -0.39 is 0 Å². The van der Waals surface area contributed by atoms with Crippen LogP contribution in [0.2, 0.25) is 0 Å². The highest BCUT2D eigenvalue weighted by Gasteiger charge is 2.13. The smallest absolute Gasteiger partial charge is 0.307 e. The molecule has 0 spiro atoms. The van der Waals surface area contributed by atoms with Crippen LogP contribution >= 0.6 is 0 Å². The zero-order chi connectivity index (χ0) is 19.2. The van der Waals surface area contributed by atoms with Crippen LogP contribution < -0.4 is 0 Å². The fraction of sp³-hybridized carbons (Fsp3) is 0.600. The van der Waals surface area contributed by atoms with Gasteiger partial charge in [-0.2, -0.15) is 0 Å². The summed E-state index contributed by atoms with van der Waals surface area (Å²) in [5.41, 5.74) is 0. The molecule has 146 valence electrons. The molecule has 0 atom stereocenters. The Hall–Kier alpha value is -2.08. The molecular weight excluding hydrogens is 332 g/mol. The molecule has 0 radical (unpaired) electrons. The third-order valence-electron chi connectivity index (χ3n) is 4.18. The number of nitrogens with zero attached hydrogens (tertiary/aromatic N) is 2. The molecule has 0 aliphatic heterocycles. The van der Waals surface area contributed by atoms with Crippen LogP contribution in [0.4, 0.5) is 0 Å². The number of unbranched alkanes of at least 4 members (excludes halogenated alkanes) is 1. The Kier molecular flexibility index (Phi) is 11.1. The summed E-state index contributed by atoms with van der Waals surface area (Å²) >= 11 is 0. The SMILES string of the molecule is CCOC(=O)CCN(CCCCN(CC)CC)C(=O)/C=C/c1ccco1. The highest BCUT2D eigenvalue weighted by atomic mass is 16.5. The minimum Gasteiger partial charge on any atom is -0.466 e. The van der Waals surface area contributed by atoms with E-state index in [1.807, 2.05) is 0 Å². The Bertz CT molecular complexity index is 536. The van der Waals surface area contributed by atoms with Gasteiger partial charge in [-0.1, -0.05) is 13.8 Å². The first kappa shape index (κ1) is 22.0. The van der Waals surface area contributed by atoms with Gasteiger partial charge >= 0.3 is 5.97 Å². The van der Waals surface area contributed by atoms with Crippen LogP contribution in [0.3, 0.4) is 0 Å². The van der Waals surface area contributed by atoms with Crippen molar-refractivity contribution >= 4 is 18.0 Å². The monoisotopic (exact) mass is 364 g/mol. The van der Waals surface area contributed by atoms with Gasteiger partial charge in [-0.25, -0.2) is 0 Å². The number of rotatable bonds is 13. The summed E-state index contributed by atoms with van der Waals surface area (Å²) in [5, 5.41) is 0. The molecule has 0 saturated carbocycles. The first-order chi connectivity index (χ1) is 12.6. The Morgan fingerprint density at radius 2 is 1.85 bits per heavy atom. The van der Waals surface area contributed by atoms with Gasteiger partial charge in [0.2, 0.25) is 5.91 Å². The maximum Gasteiger partial charge on any atom is 0.307 e. The number of furan rings is 1. The molecule has 0 saturated heterocycles. The molecule has 0 aliphatic rings. The highest BCUT2D eigenvalue weighted by molar-refractivity contribution is 5.91. The minimum absolute atomic E-state index is 0.117. The molecule has 0 unspecified atom stereocenters. The molecule has 6 nitrogen and oxygen atoms in total. The van der Waals surface area contributed by atoms with Gasteiger partial charge in [-0.05, 0) is 57.6 Å². The lowest BCUT2D eigenvalue weighted by Crippen LogP contribution is -2.33. The summed E-state index contributed by atoms with van der Waals surface area (Å²) in [6, 6.07) is 3.56. The molecule has 1 aromatic rings. The molecule has 0 fully saturated rings. The van der Waals surface area contributed by atoms with E-state index in [4.69, 9.17) is 9.15 Å². The van der Waals surface area contributed by atoms with Crippen molar-refractivity contribution in [3.05, 3.63) is 30.2 Å². The molecule has 1 rings (SSSR count). The summed E-state index contributed by atoms with van der Waals surface area (Å²) in [6.45, 7) is 10.5. The second-order valence-electron chi connectivity index (χ2n) is 5.96. The van der Waals surface area contributed by atoms with Crippen molar-refractivity contribution in [2.24, 2.45) is 0 Å². The number of ether oxygens (including phenoxy) is 1. The molecular formula is C20H32N2O4. The third-order valence-corrected chi connectivity index (χ3v) is 4.18. The van der Waals surface area contributed by atoms with Crippen molar-refractivity contribution < 1.29 is 18.7 Å². The molecule has 6 heteroatoms. The molecule has 0 aromatic carbocycles. The lowest BCUT2D eigenvalue weighted by molar-refractivity contribution is -0.143. The maximum atomic E-state index is 12.5. The normalized spacial score (nSPS) is 11.2.